The molecule has 3 nitrogen and oxygen atoms in total. The summed E-state index contributed by atoms with van der Waals surface area (Å²) in [4.78, 5) is 14.0. The molecule has 1 aliphatic heterocycles. The highest BCUT2D eigenvalue weighted by atomic mass is 16.4. The Kier molecular flexibility index (Phi) is 13.3. The number of nitrogens with zero attached hydrogens (tertiary/aromatic N) is 1. The van der Waals surface area contributed by atoms with E-state index in [4.69, 9.17) is 0 Å². The van der Waals surface area contributed by atoms with Crippen LogP contribution in [0.4, 0.5) is 0 Å². The number of piperidine rings is 1. The monoisotopic (exact) mass is 423 g/mol. The Bertz CT molecular complexity index is 442. The van der Waals surface area contributed by atoms with Crippen LogP contribution in [-0.4, -0.2) is 33.1 Å². The van der Waals surface area contributed by atoms with E-state index in [0.29, 0.717) is 12.5 Å². The molecule has 1 saturated heterocycles. The van der Waals surface area contributed by atoms with Crippen LogP contribution >= 0.6 is 0 Å². The maximum Gasteiger partial charge on any atom is 0.303 e. The Hall–Kier alpha value is -0.570. The van der Waals surface area contributed by atoms with Gasteiger partial charge in [-0.15, -0.1) is 0 Å². The molecule has 0 aromatic rings. The molecule has 178 valence electrons. The smallest absolute Gasteiger partial charge is 0.303 e. The van der Waals surface area contributed by atoms with Crippen molar-refractivity contribution < 1.29 is 9.90 Å². The maximum atomic E-state index is 11.3. The van der Waals surface area contributed by atoms with E-state index in [1.807, 2.05) is 0 Å². The van der Waals surface area contributed by atoms with Gasteiger partial charge in [-0.2, -0.15) is 0 Å². The number of carboxylic acid groups (broad SMARTS) is 1. The average Bonchev–Trinajstić information content (AvgIpc) is 2.65. The first-order chi connectivity index (χ1) is 14.2. The molecule has 1 atom stereocenters. The molecule has 0 bridgehead atoms. The maximum absolute atomic E-state index is 11.3. The number of hydrogen-bond donors (Lipinski definition) is 1. The molecule has 30 heavy (non-hydrogen) atoms. The fraction of sp³-hybridized carbons (Fsp3) is 0.963. The Morgan fingerprint density at radius 3 is 1.63 bits per heavy atom. The number of rotatable bonds is 17. The van der Waals surface area contributed by atoms with E-state index in [0.717, 1.165) is 12.8 Å². The zero-order chi connectivity index (χ0) is 22.5. The third-order valence-corrected chi connectivity index (χ3v) is 7.33. The summed E-state index contributed by atoms with van der Waals surface area (Å²) < 4.78 is 0. The molecular weight excluding hydrogens is 370 g/mol. The van der Waals surface area contributed by atoms with Gasteiger partial charge in [0, 0.05) is 23.5 Å². The summed E-state index contributed by atoms with van der Waals surface area (Å²) in [6.07, 6.45) is 22.4. The van der Waals surface area contributed by atoms with Gasteiger partial charge in [0.25, 0.3) is 0 Å². The molecule has 1 fully saturated rings. The van der Waals surface area contributed by atoms with Crippen LogP contribution in [0.15, 0.2) is 0 Å². The van der Waals surface area contributed by atoms with E-state index in [9.17, 15) is 9.90 Å². The first-order valence-corrected chi connectivity index (χ1v) is 13.2. The van der Waals surface area contributed by atoms with Crippen LogP contribution in [0.5, 0.6) is 0 Å². The summed E-state index contributed by atoms with van der Waals surface area (Å²) in [5.74, 6) is -0.651. The highest BCUT2D eigenvalue weighted by molar-refractivity contribution is 5.66. The van der Waals surface area contributed by atoms with E-state index < -0.39 is 5.97 Å². The summed E-state index contributed by atoms with van der Waals surface area (Å²) in [5.41, 5.74) is 0.337. The van der Waals surface area contributed by atoms with Crippen molar-refractivity contribution in [1.82, 2.24) is 4.90 Å². The number of aliphatic carboxylic acids is 1. The van der Waals surface area contributed by atoms with Crippen LogP contribution in [-0.2, 0) is 4.79 Å². The van der Waals surface area contributed by atoms with Crippen LogP contribution in [0.3, 0.4) is 0 Å². The van der Waals surface area contributed by atoms with Gasteiger partial charge >= 0.3 is 5.97 Å². The summed E-state index contributed by atoms with van der Waals surface area (Å²) in [5, 5.41) is 9.28. The van der Waals surface area contributed by atoms with Crippen LogP contribution in [0.1, 0.15) is 150 Å². The first kappa shape index (κ1) is 27.5. The molecule has 0 saturated carbocycles. The minimum Gasteiger partial charge on any atom is -0.481 e. The van der Waals surface area contributed by atoms with Crippen LogP contribution < -0.4 is 0 Å². The topological polar surface area (TPSA) is 40.5 Å². The van der Waals surface area contributed by atoms with E-state index in [2.05, 4.69) is 39.5 Å². The molecule has 3 heteroatoms. The summed E-state index contributed by atoms with van der Waals surface area (Å²) in [6, 6.07) is 0.398. The quantitative estimate of drug-likeness (QED) is 0.239. The van der Waals surface area contributed by atoms with Crippen molar-refractivity contribution in [3.05, 3.63) is 0 Å². The van der Waals surface area contributed by atoms with Crippen molar-refractivity contribution in [2.75, 3.05) is 0 Å². The zero-order valence-corrected chi connectivity index (χ0v) is 21.1. The molecule has 1 rings (SSSR count). The number of carboxylic acids is 1. The lowest BCUT2D eigenvalue weighted by atomic mass is 9.77. The van der Waals surface area contributed by atoms with Crippen LogP contribution in [0, 0.1) is 0 Å². The lowest BCUT2D eigenvalue weighted by Crippen LogP contribution is -2.62. The molecule has 1 N–H and O–H groups in total. The van der Waals surface area contributed by atoms with Crippen LogP contribution in [0.25, 0.3) is 0 Å². The number of carbonyl (C=O) groups is 1. The summed E-state index contributed by atoms with van der Waals surface area (Å²) >= 11 is 0. The number of unbranched alkanes of at least 4 members (excludes halogenated alkanes) is 11. The fourth-order valence-electron chi connectivity index (χ4n) is 5.92. The third kappa shape index (κ3) is 10.6. The number of hydrogen-bond acceptors (Lipinski definition) is 2. The van der Waals surface area contributed by atoms with Crippen molar-refractivity contribution in [3.63, 3.8) is 0 Å². The lowest BCUT2D eigenvalue weighted by Gasteiger charge is -2.56. The van der Waals surface area contributed by atoms with Crippen molar-refractivity contribution >= 4 is 5.97 Å². The standard InChI is InChI=1S/C27H53NO2/c1-6-7-8-9-10-11-12-13-14-15-16-17-19-24(20-21-25(29)30)28-26(2,3)22-18-23-27(28,4)5/h24H,6-23H2,1-5H3,(H,29,30). The Balaban J connectivity index is 2.33. The van der Waals surface area contributed by atoms with Gasteiger partial charge in [0.05, 0.1) is 0 Å². The molecule has 0 spiro atoms. The van der Waals surface area contributed by atoms with Gasteiger partial charge in [-0.3, -0.25) is 9.69 Å². The fourth-order valence-corrected chi connectivity index (χ4v) is 5.92. The predicted molar refractivity (Wildman–Crippen MR) is 130 cm³/mol. The second-order valence-electron chi connectivity index (χ2n) is 11.1. The number of likely N-dealkylation sites (tertiary alicyclic amines) is 1. The van der Waals surface area contributed by atoms with Crippen molar-refractivity contribution in [1.29, 1.82) is 0 Å². The van der Waals surface area contributed by atoms with Gasteiger partial charge in [0.15, 0.2) is 0 Å². The van der Waals surface area contributed by atoms with E-state index in [-0.39, 0.29) is 11.1 Å². The highest BCUT2D eigenvalue weighted by Gasteiger charge is 2.44. The molecule has 1 unspecified atom stereocenters. The van der Waals surface area contributed by atoms with Gasteiger partial charge in [0.1, 0.15) is 0 Å². The second kappa shape index (κ2) is 14.5. The van der Waals surface area contributed by atoms with Crippen LogP contribution in [0.2, 0.25) is 0 Å². The molecule has 0 aromatic carbocycles. The first-order valence-electron chi connectivity index (χ1n) is 13.2. The van der Waals surface area contributed by atoms with Crippen molar-refractivity contribution in [2.24, 2.45) is 0 Å². The molecule has 1 aliphatic rings. The lowest BCUT2D eigenvalue weighted by molar-refractivity contribution is -0.138. The molecule has 0 radical (unpaired) electrons. The third-order valence-electron chi connectivity index (χ3n) is 7.33. The largest absolute Gasteiger partial charge is 0.481 e. The Labute approximate surface area is 188 Å². The van der Waals surface area contributed by atoms with Gasteiger partial charge in [0.2, 0.25) is 0 Å². The molecule has 0 aliphatic carbocycles. The summed E-state index contributed by atoms with van der Waals surface area (Å²) in [6.45, 7) is 11.7. The van der Waals surface area contributed by atoms with Gasteiger partial charge < -0.3 is 5.11 Å². The SMILES string of the molecule is CCCCCCCCCCCCCCC(CCC(=O)O)N1C(C)(C)CCCC1(C)C. The van der Waals surface area contributed by atoms with Gasteiger partial charge in [-0.05, 0) is 59.8 Å². The zero-order valence-electron chi connectivity index (χ0n) is 21.1. The van der Waals surface area contributed by atoms with E-state index in [1.165, 1.54) is 96.3 Å². The minimum absolute atomic E-state index is 0.169. The summed E-state index contributed by atoms with van der Waals surface area (Å²) in [7, 11) is 0. The van der Waals surface area contributed by atoms with Crippen molar-refractivity contribution in [2.45, 2.75) is 167 Å². The highest BCUT2D eigenvalue weighted by Crippen LogP contribution is 2.41. The van der Waals surface area contributed by atoms with E-state index in [1.54, 1.807) is 0 Å². The predicted octanol–water partition coefficient (Wildman–Crippen LogP) is 8.35. The second-order valence-corrected chi connectivity index (χ2v) is 11.1. The molecule has 0 amide bonds. The molecule has 0 aromatic heterocycles. The Morgan fingerprint density at radius 1 is 0.767 bits per heavy atom. The average molecular weight is 424 g/mol. The van der Waals surface area contributed by atoms with Crippen molar-refractivity contribution in [3.8, 4) is 0 Å². The van der Waals surface area contributed by atoms with Gasteiger partial charge in [-0.25, -0.2) is 0 Å². The normalized spacial score (nSPS) is 19.6. The van der Waals surface area contributed by atoms with E-state index >= 15 is 0 Å². The van der Waals surface area contributed by atoms with Gasteiger partial charge in [-0.1, -0.05) is 84.0 Å². The molecular formula is C27H53NO2. The minimum atomic E-state index is -0.651. The molecule has 1 heterocycles. The Morgan fingerprint density at radius 2 is 1.20 bits per heavy atom.